The van der Waals surface area contributed by atoms with Gasteiger partial charge in [0, 0.05) is 18.3 Å². The molecule has 0 N–H and O–H groups in total. The van der Waals surface area contributed by atoms with Crippen LogP contribution in [0.4, 0.5) is 8.78 Å². The minimum Gasteiger partial charge on any atom is -0.293 e. The van der Waals surface area contributed by atoms with Gasteiger partial charge in [-0.05, 0) is 25.1 Å². The Kier molecular flexibility index (Phi) is 2.53. The molecule has 0 aliphatic heterocycles. The number of hydrogen-bond donors (Lipinski definition) is 0. The summed E-state index contributed by atoms with van der Waals surface area (Å²) in [6, 6.07) is 3.32. The van der Waals surface area contributed by atoms with Gasteiger partial charge in [0.1, 0.15) is 11.6 Å². The fourth-order valence-corrected chi connectivity index (χ4v) is 0.895. The second-order valence-corrected chi connectivity index (χ2v) is 2.43. The Morgan fingerprint density at radius 3 is 2.58 bits per heavy atom. The first-order valence-corrected chi connectivity index (χ1v) is 3.54. The molecule has 0 spiro atoms. The Morgan fingerprint density at radius 2 is 2.00 bits per heavy atom. The van der Waals surface area contributed by atoms with E-state index in [2.05, 4.69) is 4.99 Å². The monoisotopic (exact) mass is 169 g/mol. The number of halogens is 2. The molecule has 0 radical (unpaired) electrons. The van der Waals surface area contributed by atoms with E-state index in [1.165, 1.54) is 0 Å². The molecule has 0 heterocycles. The minimum atomic E-state index is -0.450. The highest BCUT2D eigenvalue weighted by Crippen LogP contribution is 2.10. The van der Waals surface area contributed by atoms with Crippen molar-refractivity contribution in [2.24, 2.45) is 4.99 Å². The summed E-state index contributed by atoms with van der Waals surface area (Å²) in [5.41, 5.74) is 0.713. The quantitative estimate of drug-likeness (QED) is 0.572. The molecule has 1 nitrogen and oxygen atoms in total. The van der Waals surface area contributed by atoms with Crippen LogP contribution in [-0.4, -0.2) is 12.8 Å². The molecule has 0 saturated heterocycles. The number of hydrogen-bond acceptors (Lipinski definition) is 1. The third-order valence-electron chi connectivity index (χ3n) is 1.65. The lowest BCUT2D eigenvalue weighted by molar-refractivity contribution is 0.598. The van der Waals surface area contributed by atoms with Crippen molar-refractivity contribution >= 4 is 5.71 Å². The van der Waals surface area contributed by atoms with E-state index < -0.39 is 11.6 Å². The van der Waals surface area contributed by atoms with Gasteiger partial charge < -0.3 is 0 Å². The number of rotatable bonds is 1. The lowest BCUT2D eigenvalue weighted by atomic mass is 10.1. The molecule has 0 aliphatic rings. The summed E-state index contributed by atoms with van der Waals surface area (Å²) in [6.07, 6.45) is 0. The zero-order chi connectivity index (χ0) is 9.14. The second kappa shape index (κ2) is 3.43. The fraction of sp³-hybridized carbons (Fsp3) is 0.222. The highest BCUT2D eigenvalue weighted by atomic mass is 19.1. The Balaban J connectivity index is 3.23. The summed E-state index contributed by atoms with van der Waals surface area (Å²) >= 11 is 0. The highest BCUT2D eigenvalue weighted by Gasteiger charge is 2.05. The molecule has 0 aliphatic carbocycles. The van der Waals surface area contributed by atoms with Crippen molar-refractivity contribution in [2.45, 2.75) is 6.92 Å². The molecule has 0 unspecified atom stereocenters. The average Bonchev–Trinajstić information content (AvgIpc) is 2.08. The summed E-state index contributed by atoms with van der Waals surface area (Å²) in [5, 5.41) is 0. The van der Waals surface area contributed by atoms with E-state index in [4.69, 9.17) is 0 Å². The maximum absolute atomic E-state index is 13.0. The van der Waals surface area contributed by atoms with Crippen LogP contribution in [0, 0.1) is 11.6 Å². The molecule has 3 heteroatoms. The van der Waals surface area contributed by atoms with Crippen molar-refractivity contribution in [2.75, 3.05) is 7.05 Å². The van der Waals surface area contributed by atoms with Crippen LogP contribution in [0.1, 0.15) is 12.5 Å². The number of benzene rings is 1. The van der Waals surface area contributed by atoms with Gasteiger partial charge in [-0.15, -0.1) is 0 Å². The number of nitrogens with zero attached hydrogens (tertiary/aromatic N) is 1. The highest BCUT2D eigenvalue weighted by molar-refractivity contribution is 5.98. The molecular formula is C9H9F2N. The van der Waals surface area contributed by atoms with Crippen LogP contribution in [-0.2, 0) is 0 Å². The standard InChI is InChI=1S/C9H9F2N/c1-6(12-2)8-5-7(10)3-4-9(8)11/h3-5H,1-2H3. The van der Waals surface area contributed by atoms with Crippen molar-refractivity contribution in [3.8, 4) is 0 Å². The predicted octanol–water partition coefficient (Wildman–Crippen LogP) is 2.40. The van der Waals surface area contributed by atoms with E-state index in [0.29, 0.717) is 5.71 Å². The first kappa shape index (κ1) is 8.84. The third-order valence-corrected chi connectivity index (χ3v) is 1.65. The van der Waals surface area contributed by atoms with Crippen molar-refractivity contribution in [3.63, 3.8) is 0 Å². The lowest BCUT2D eigenvalue weighted by Crippen LogP contribution is -1.99. The van der Waals surface area contributed by atoms with Gasteiger partial charge >= 0.3 is 0 Å². The van der Waals surface area contributed by atoms with Crippen molar-refractivity contribution < 1.29 is 8.78 Å². The molecule has 0 saturated carbocycles. The van der Waals surface area contributed by atoms with Crippen LogP contribution in [0.15, 0.2) is 23.2 Å². The topological polar surface area (TPSA) is 12.4 Å². The molecule has 64 valence electrons. The van der Waals surface area contributed by atoms with E-state index in [1.807, 2.05) is 0 Å². The largest absolute Gasteiger partial charge is 0.293 e. The van der Waals surface area contributed by atoms with Crippen LogP contribution < -0.4 is 0 Å². The minimum absolute atomic E-state index is 0.220. The average molecular weight is 169 g/mol. The van der Waals surface area contributed by atoms with Gasteiger partial charge in [0.2, 0.25) is 0 Å². The van der Waals surface area contributed by atoms with E-state index in [-0.39, 0.29) is 5.56 Å². The van der Waals surface area contributed by atoms with Crippen molar-refractivity contribution in [1.29, 1.82) is 0 Å². The summed E-state index contributed by atoms with van der Waals surface area (Å²) in [4.78, 5) is 3.77. The molecule has 0 fully saturated rings. The van der Waals surface area contributed by atoms with Gasteiger partial charge in [-0.1, -0.05) is 0 Å². The van der Waals surface area contributed by atoms with Gasteiger partial charge in [-0.3, -0.25) is 4.99 Å². The smallest absolute Gasteiger partial charge is 0.132 e. The summed E-state index contributed by atoms with van der Waals surface area (Å²) in [6.45, 7) is 1.64. The van der Waals surface area contributed by atoms with Gasteiger partial charge in [0.25, 0.3) is 0 Å². The normalized spacial score (nSPS) is 11.8. The van der Waals surface area contributed by atoms with Crippen LogP contribution in [0.5, 0.6) is 0 Å². The van der Waals surface area contributed by atoms with Crippen molar-refractivity contribution in [3.05, 3.63) is 35.4 Å². The Hall–Kier alpha value is -1.25. The molecule has 12 heavy (non-hydrogen) atoms. The fourth-order valence-electron chi connectivity index (χ4n) is 0.895. The molecule has 0 atom stereocenters. The molecule has 1 rings (SSSR count). The Bertz CT molecular complexity index is 318. The summed E-state index contributed by atoms with van der Waals surface area (Å²) in [5.74, 6) is -0.895. The summed E-state index contributed by atoms with van der Waals surface area (Å²) < 4.78 is 25.6. The van der Waals surface area contributed by atoms with Crippen LogP contribution >= 0.6 is 0 Å². The molecule has 0 bridgehead atoms. The van der Waals surface area contributed by atoms with E-state index in [9.17, 15) is 8.78 Å². The maximum Gasteiger partial charge on any atom is 0.132 e. The van der Waals surface area contributed by atoms with E-state index in [0.717, 1.165) is 18.2 Å². The first-order valence-electron chi connectivity index (χ1n) is 3.54. The van der Waals surface area contributed by atoms with Gasteiger partial charge in [-0.25, -0.2) is 8.78 Å². The zero-order valence-corrected chi connectivity index (χ0v) is 6.94. The van der Waals surface area contributed by atoms with Gasteiger partial charge in [-0.2, -0.15) is 0 Å². The van der Waals surface area contributed by atoms with Crippen LogP contribution in [0.25, 0.3) is 0 Å². The zero-order valence-electron chi connectivity index (χ0n) is 6.94. The Labute approximate surface area is 69.8 Å². The molecule has 0 aromatic heterocycles. The van der Waals surface area contributed by atoms with E-state index in [1.54, 1.807) is 14.0 Å². The SMILES string of the molecule is CN=C(C)c1cc(F)ccc1F. The van der Waals surface area contributed by atoms with E-state index >= 15 is 0 Å². The molecule has 0 amide bonds. The first-order chi connectivity index (χ1) is 5.65. The molecule has 1 aromatic rings. The van der Waals surface area contributed by atoms with Crippen LogP contribution in [0.2, 0.25) is 0 Å². The second-order valence-electron chi connectivity index (χ2n) is 2.43. The third kappa shape index (κ3) is 1.67. The summed E-state index contributed by atoms with van der Waals surface area (Å²) in [7, 11) is 1.54. The number of aliphatic imine (C=N–C) groups is 1. The maximum atomic E-state index is 13.0. The molecule has 1 aromatic carbocycles. The molecular weight excluding hydrogens is 160 g/mol. The lowest BCUT2D eigenvalue weighted by Gasteiger charge is -2.00. The van der Waals surface area contributed by atoms with Gasteiger partial charge in [0.15, 0.2) is 0 Å². The van der Waals surface area contributed by atoms with Crippen molar-refractivity contribution in [1.82, 2.24) is 0 Å². The van der Waals surface area contributed by atoms with Crippen LogP contribution in [0.3, 0.4) is 0 Å². The predicted molar refractivity (Wildman–Crippen MR) is 44.5 cm³/mol. The van der Waals surface area contributed by atoms with Gasteiger partial charge in [0.05, 0.1) is 0 Å². The Morgan fingerprint density at radius 1 is 1.33 bits per heavy atom.